The Hall–Kier alpha value is -2.60. The van der Waals surface area contributed by atoms with E-state index in [1.807, 2.05) is 6.07 Å². The summed E-state index contributed by atoms with van der Waals surface area (Å²) in [7, 11) is 0. The largest absolute Gasteiger partial charge is 0.453 e. The van der Waals surface area contributed by atoms with E-state index in [0.29, 0.717) is 10.4 Å². The second kappa shape index (κ2) is 8.82. The fourth-order valence-corrected chi connectivity index (χ4v) is 3.45. The van der Waals surface area contributed by atoms with Crippen molar-refractivity contribution in [3.05, 3.63) is 73.4 Å². The van der Waals surface area contributed by atoms with Gasteiger partial charge in [-0.05, 0) is 47.1 Å². The average molecular weight is 498 g/mol. The first-order valence-corrected chi connectivity index (χ1v) is 9.69. The van der Waals surface area contributed by atoms with Crippen molar-refractivity contribution in [3.63, 3.8) is 0 Å². The molecule has 0 atom stereocenters. The van der Waals surface area contributed by atoms with Crippen LogP contribution >= 0.6 is 39.1 Å². The van der Waals surface area contributed by atoms with Crippen LogP contribution in [0.3, 0.4) is 0 Å². The van der Waals surface area contributed by atoms with Crippen molar-refractivity contribution in [1.29, 1.82) is 5.26 Å². The normalized spacial score (nSPS) is 10.5. The van der Waals surface area contributed by atoms with Gasteiger partial charge in [-0.15, -0.1) is 0 Å². The molecule has 0 saturated carbocycles. The number of hydrogen-bond donors (Lipinski definition) is 2. The van der Waals surface area contributed by atoms with Crippen LogP contribution in [0.4, 0.5) is 4.39 Å². The van der Waals surface area contributed by atoms with E-state index >= 15 is 0 Å². The number of benzene rings is 2. The molecule has 3 aromatic rings. The molecule has 1 amide bonds. The standard InChI is InChI=1S/C19H12BrCl2FN4O2/c1-9-26-16(18(20)27-9)19(28)25-8-11-2-3-14(22)17(15(11)23)29-13-5-10(7-24)4-12(21)6-13/h2-6H,8H2,1H3,(H,25,28)(H,26,27). The van der Waals surface area contributed by atoms with Gasteiger partial charge < -0.3 is 15.0 Å². The highest BCUT2D eigenvalue weighted by Crippen LogP contribution is 2.35. The van der Waals surface area contributed by atoms with E-state index < -0.39 is 11.7 Å². The second-order valence-corrected chi connectivity index (χ2v) is 7.54. The van der Waals surface area contributed by atoms with Gasteiger partial charge in [-0.3, -0.25) is 4.79 Å². The predicted octanol–water partition coefficient (Wildman–Crippen LogP) is 5.52. The average Bonchev–Trinajstić information content (AvgIpc) is 3.02. The molecule has 0 unspecified atom stereocenters. The number of amides is 1. The van der Waals surface area contributed by atoms with Gasteiger partial charge in [-0.1, -0.05) is 29.3 Å². The molecule has 0 radical (unpaired) electrons. The highest BCUT2D eigenvalue weighted by atomic mass is 79.9. The number of aromatic nitrogens is 2. The van der Waals surface area contributed by atoms with Crippen molar-refractivity contribution < 1.29 is 13.9 Å². The summed E-state index contributed by atoms with van der Waals surface area (Å²) in [4.78, 5) is 19.2. The van der Waals surface area contributed by atoms with Crippen molar-refractivity contribution in [1.82, 2.24) is 15.3 Å². The van der Waals surface area contributed by atoms with Crippen LogP contribution in [0.2, 0.25) is 10.0 Å². The third-order valence-electron chi connectivity index (χ3n) is 3.78. The zero-order valence-electron chi connectivity index (χ0n) is 14.8. The number of nitrogens with one attached hydrogen (secondary N) is 2. The van der Waals surface area contributed by atoms with E-state index in [2.05, 4.69) is 31.2 Å². The first-order valence-electron chi connectivity index (χ1n) is 8.14. The molecule has 3 rings (SSSR count). The molecule has 0 spiro atoms. The van der Waals surface area contributed by atoms with E-state index in [1.54, 1.807) is 6.92 Å². The molecule has 6 nitrogen and oxygen atoms in total. The van der Waals surface area contributed by atoms with E-state index in [1.165, 1.54) is 30.3 Å². The highest BCUT2D eigenvalue weighted by Gasteiger charge is 2.18. The summed E-state index contributed by atoms with van der Waals surface area (Å²) >= 11 is 15.2. The molecule has 0 fully saturated rings. The molecule has 1 heterocycles. The van der Waals surface area contributed by atoms with Crippen LogP contribution in [0, 0.1) is 24.1 Å². The molecule has 10 heteroatoms. The number of carbonyl (C=O) groups is 1. The summed E-state index contributed by atoms with van der Waals surface area (Å²) in [6.45, 7) is 1.59. The smallest absolute Gasteiger partial charge is 0.272 e. The van der Waals surface area contributed by atoms with Crippen LogP contribution in [0.5, 0.6) is 11.5 Å². The summed E-state index contributed by atoms with van der Waals surface area (Å²) in [5, 5.41) is 11.9. The zero-order valence-corrected chi connectivity index (χ0v) is 17.9. The summed E-state index contributed by atoms with van der Waals surface area (Å²) in [6.07, 6.45) is 0. The van der Waals surface area contributed by atoms with Crippen molar-refractivity contribution in [2.24, 2.45) is 0 Å². The van der Waals surface area contributed by atoms with Gasteiger partial charge in [-0.25, -0.2) is 9.37 Å². The zero-order chi connectivity index (χ0) is 21.1. The topological polar surface area (TPSA) is 90.8 Å². The molecule has 2 aromatic carbocycles. The third kappa shape index (κ3) is 4.88. The lowest BCUT2D eigenvalue weighted by Crippen LogP contribution is -2.24. The van der Waals surface area contributed by atoms with Gasteiger partial charge >= 0.3 is 0 Å². The van der Waals surface area contributed by atoms with E-state index in [-0.39, 0.29) is 44.9 Å². The van der Waals surface area contributed by atoms with Gasteiger partial charge in [0.1, 0.15) is 16.2 Å². The summed E-state index contributed by atoms with van der Waals surface area (Å²) in [5.41, 5.74) is 0.576. The molecule has 0 aliphatic heterocycles. The predicted molar refractivity (Wildman–Crippen MR) is 110 cm³/mol. The van der Waals surface area contributed by atoms with Gasteiger partial charge in [0.15, 0.2) is 17.3 Å². The Bertz CT molecular complexity index is 1140. The molecule has 1 aromatic heterocycles. The Kier molecular flexibility index (Phi) is 6.42. The molecule has 0 bridgehead atoms. The van der Waals surface area contributed by atoms with Crippen molar-refractivity contribution >= 4 is 45.0 Å². The first kappa shape index (κ1) is 21.1. The lowest BCUT2D eigenvalue weighted by atomic mass is 10.2. The summed E-state index contributed by atoms with van der Waals surface area (Å²) in [5.74, 6) is -0.734. The van der Waals surface area contributed by atoms with Gasteiger partial charge in [-0.2, -0.15) is 5.26 Å². The number of aromatic amines is 1. The minimum absolute atomic E-state index is 0.0294. The summed E-state index contributed by atoms with van der Waals surface area (Å²) < 4.78 is 20.9. The Labute approximate surface area is 183 Å². The number of carbonyl (C=O) groups excluding carboxylic acids is 1. The molecule has 0 aliphatic carbocycles. The fourth-order valence-electron chi connectivity index (χ4n) is 2.48. The number of ether oxygens (including phenoxy) is 1. The molecule has 148 valence electrons. The minimum atomic E-state index is -0.742. The van der Waals surface area contributed by atoms with Crippen LogP contribution in [0.25, 0.3) is 0 Å². The maximum absolute atomic E-state index is 14.9. The number of nitrogens with zero attached hydrogens (tertiary/aromatic N) is 2. The highest BCUT2D eigenvalue weighted by molar-refractivity contribution is 9.10. The number of imidazole rings is 1. The maximum atomic E-state index is 14.9. The van der Waals surface area contributed by atoms with Crippen LogP contribution in [-0.4, -0.2) is 15.9 Å². The van der Waals surface area contributed by atoms with Gasteiger partial charge in [0.2, 0.25) is 0 Å². The molecular weight excluding hydrogens is 486 g/mol. The Balaban J connectivity index is 1.82. The van der Waals surface area contributed by atoms with Crippen LogP contribution < -0.4 is 10.1 Å². The number of nitriles is 1. The van der Waals surface area contributed by atoms with Crippen molar-refractivity contribution in [3.8, 4) is 17.6 Å². The Morgan fingerprint density at radius 2 is 2.14 bits per heavy atom. The first-order chi connectivity index (χ1) is 13.8. The van der Waals surface area contributed by atoms with Crippen LogP contribution in [0.15, 0.2) is 34.9 Å². The number of H-pyrrole nitrogens is 1. The van der Waals surface area contributed by atoms with Gasteiger partial charge in [0, 0.05) is 17.1 Å². The molecule has 0 saturated heterocycles. The number of rotatable bonds is 5. The quantitative estimate of drug-likeness (QED) is 0.485. The van der Waals surface area contributed by atoms with Crippen molar-refractivity contribution in [2.75, 3.05) is 0 Å². The number of halogens is 4. The maximum Gasteiger partial charge on any atom is 0.272 e. The molecule has 2 N–H and O–H groups in total. The van der Waals surface area contributed by atoms with E-state index in [4.69, 9.17) is 33.2 Å². The lowest BCUT2D eigenvalue weighted by molar-refractivity contribution is 0.0945. The minimum Gasteiger partial charge on any atom is -0.453 e. The summed E-state index contributed by atoms with van der Waals surface area (Å²) in [6, 6.07) is 9.12. The van der Waals surface area contributed by atoms with E-state index in [0.717, 1.165) is 0 Å². The Morgan fingerprint density at radius 1 is 1.38 bits per heavy atom. The molecule has 29 heavy (non-hydrogen) atoms. The van der Waals surface area contributed by atoms with Gasteiger partial charge in [0.05, 0.1) is 16.7 Å². The fraction of sp³-hybridized carbons (Fsp3) is 0.105. The molecule has 0 aliphatic rings. The van der Waals surface area contributed by atoms with Crippen LogP contribution in [-0.2, 0) is 6.54 Å². The van der Waals surface area contributed by atoms with Gasteiger partial charge in [0.25, 0.3) is 5.91 Å². The number of aryl methyl sites for hydroxylation is 1. The molecular formula is C19H12BrCl2FN4O2. The second-order valence-electron chi connectivity index (χ2n) is 5.91. The van der Waals surface area contributed by atoms with Crippen LogP contribution in [0.1, 0.15) is 27.4 Å². The number of hydrogen-bond acceptors (Lipinski definition) is 4. The van der Waals surface area contributed by atoms with E-state index in [9.17, 15) is 9.18 Å². The lowest BCUT2D eigenvalue weighted by Gasteiger charge is -2.13. The SMILES string of the molecule is Cc1nc(C(=O)NCc2ccc(Cl)c(Oc3cc(Cl)cc(C#N)c3)c2F)c(Br)[nH]1. The monoisotopic (exact) mass is 496 g/mol. The Morgan fingerprint density at radius 3 is 2.79 bits per heavy atom. The van der Waals surface area contributed by atoms with Crippen molar-refractivity contribution in [2.45, 2.75) is 13.5 Å². The third-order valence-corrected chi connectivity index (χ3v) is 4.87.